The molecular weight excluding hydrogens is 666 g/mol. The maximum atomic E-state index is 13.2. The van der Waals surface area contributed by atoms with Crippen LogP contribution in [0, 0.1) is 23.3 Å². The molecule has 1 aromatic heterocycles. The summed E-state index contributed by atoms with van der Waals surface area (Å²) < 4.78 is 34.0. The summed E-state index contributed by atoms with van der Waals surface area (Å²) in [6, 6.07) is 8.85. The van der Waals surface area contributed by atoms with E-state index < -0.39 is 5.97 Å². The molecule has 202 valence electrons. The number of carbonyl (C=O) groups excluding carboxylic acids is 1. The van der Waals surface area contributed by atoms with E-state index in [1.165, 1.54) is 35.9 Å². The van der Waals surface area contributed by atoms with E-state index in [1.54, 1.807) is 26.0 Å². The van der Waals surface area contributed by atoms with Crippen LogP contribution >= 0.6 is 56.3 Å². The molecule has 0 radical (unpaired) electrons. The number of rotatable bonds is 8. The predicted octanol–water partition coefficient (Wildman–Crippen LogP) is 6.08. The molecule has 0 bridgehead atoms. The quantitative estimate of drug-likeness (QED) is 0.175. The monoisotopic (exact) mass is 688 g/mol. The van der Waals surface area contributed by atoms with Crippen molar-refractivity contribution in [1.29, 1.82) is 0 Å². The fourth-order valence-corrected chi connectivity index (χ4v) is 4.19. The van der Waals surface area contributed by atoms with Gasteiger partial charge in [0.15, 0.2) is 4.77 Å². The zero-order valence-corrected chi connectivity index (χ0v) is 25.5. The van der Waals surface area contributed by atoms with Gasteiger partial charge in [-0.1, -0.05) is 44.1 Å². The number of aromatic amines is 1. The number of methoxy groups -OCH3 is 1. The first-order chi connectivity index (χ1) is 17.9. The van der Waals surface area contributed by atoms with Crippen molar-refractivity contribution in [3.63, 3.8) is 0 Å². The van der Waals surface area contributed by atoms with E-state index in [9.17, 15) is 18.4 Å². The first-order valence-electron chi connectivity index (χ1n) is 11.1. The van der Waals surface area contributed by atoms with Crippen LogP contribution in [0.1, 0.15) is 30.2 Å². The summed E-state index contributed by atoms with van der Waals surface area (Å²) in [5.41, 5.74) is 1.83. The number of nitrogens with zero attached hydrogens (tertiary/aromatic N) is 3. The van der Waals surface area contributed by atoms with Crippen LogP contribution in [-0.4, -0.2) is 45.0 Å². The van der Waals surface area contributed by atoms with Gasteiger partial charge in [0, 0.05) is 13.8 Å². The topological polar surface area (TPSA) is 89.3 Å². The summed E-state index contributed by atoms with van der Waals surface area (Å²) in [7, 11) is 1.31. The summed E-state index contributed by atoms with van der Waals surface area (Å²) in [5, 5.41) is 6.35. The second-order valence-electron chi connectivity index (χ2n) is 7.91. The number of nitrogens with one attached hydrogen (secondary N) is 1. The number of benzene rings is 2. The Bertz CT molecular complexity index is 1480. The molecule has 0 saturated heterocycles. The molecule has 7 nitrogen and oxygen atoms in total. The van der Waals surface area contributed by atoms with Crippen molar-refractivity contribution in [2.45, 2.75) is 33.2 Å². The Morgan fingerprint density at radius 2 is 1.71 bits per heavy atom. The van der Waals surface area contributed by atoms with Crippen molar-refractivity contribution >= 4 is 72.8 Å². The van der Waals surface area contributed by atoms with E-state index >= 15 is 0 Å². The molecule has 0 aliphatic rings. The second-order valence-corrected chi connectivity index (χ2v) is 10.6. The SMILES string of the molecule is COC(=O)C(C)=NCC(=S)CCc1cc(F)ccc1Br.Cc1n[nH]c(=S)n(Cc2cc(F)ccc2Br)c1=O. The van der Waals surface area contributed by atoms with E-state index in [1.807, 2.05) is 0 Å². The molecule has 0 unspecified atom stereocenters. The van der Waals surface area contributed by atoms with Gasteiger partial charge in [-0.05, 0) is 86.4 Å². The highest BCUT2D eigenvalue weighted by atomic mass is 79.9. The van der Waals surface area contributed by atoms with Gasteiger partial charge < -0.3 is 4.74 Å². The molecule has 1 heterocycles. The van der Waals surface area contributed by atoms with Crippen LogP contribution in [0.3, 0.4) is 0 Å². The number of esters is 1. The maximum Gasteiger partial charge on any atom is 0.351 e. The Hall–Kier alpha value is -2.48. The summed E-state index contributed by atoms with van der Waals surface area (Å²) >= 11 is 16.9. The smallest absolute Gasteiger partial charge is 0.351 e. The minimum absolute atomic E-state index is 0.190. The van der Waals surface area contributed by atoms with Crippen molar-refractivity contribution in [1.82, 2.24) is 14.8 Å². The van der Waals surface area contributed by atoms with Crippen LogP contribution in [0.4, 0.5) is 8.78 Å². The number of carbonyl (C=O) groups is 1. The van der Waals surface area contributed by atoms with Crippen molar-refractivity contribution in [3.8, 4) is 0 Å². The van der Waals surface area contributed by atoms with E-state index in [2.05, 4.69) is 51.8 Å². The largest absolute Gasteiger partial charge is 0.465 e. The van der Waals surface area contributed by atoms with Crippen LogP contribution < -0.4 is 5.56 Å². The average molecular weight is 690 g/mol. The molecule has 38 heavy (non-hydrogen) atoms. The normalized spacial score (nSPS) is 11.0. The third-order valence-electron chi connectivity index (χ3n) is 5.11. The second kappa shape index (κ2) is 15.2. The van der Waals surface area contributed by atoms with Crippen LogP contribution in [0.2, 0.25) is 0 Å². The van der Waals surface area contributed by atoms with E-state index in [-0.39, 0.29) is 28.5 Å². The van der Waals surface area contributed by atoms with Crippen LogP contribution in [-0.2, 0) is 22.5 Å². The van der Waals surface area contributed by atoms with E-state index in [0.29, 0.717) is 41.2 Å². The molecule has 3 aromatic rings. The molecule has 0 aliphatic carbocycles. The zero-order chi connectivity index (χ0) is 28.4. The maximum absolute atomic E-state index is 13.2. The Kier molecular flexibility index (Phi) is 12.7. The molecule has 13 heteroatoms. The number of thiocarbonyl (C=S) groups is 1. The van der Waals surface area contributed by atoms with Crippen molar-refractivity contribution in [3.05, 3.63) is 88.9 Å². The molecule has 2 aromatic carbocycles. The van der Waals surface area contributed by atoms with Crippen LogP contribution in [0.5, 0.6) is 0 Å². The van der Waals surface area contributed by atoms with Gasteiger partial charge in [-0.15, -0.1) is 0 Å². The van der Waals surface area contributed by atoms with Gasteiger partial charge >= 0.3 is 5.97 Å². The van der Waals surface area contributed by atoms with Gasteiger partial charge in [0.2, 0.25) is 0 Å². The van der Waals surface area contributed by atoms with Gasteiger partial charge in [0.25, 0.3) is 5.56 Å². The number of H-pyrrole nitrogens is 1. The van der Waals surface area contributed by atoms with E-state index in [0.717, 1.165) is 14.5 Å². The highest BCUT2D eigenvalue weighted by Gasteiger charge is 2.08. The standard InChI is InChI=1S/C14H15BrFNO2S.C11H9BrFN3OS/c1-9(14(18)19-2)17-8-12(20)5-3-10-7-11(16)4-6-13(10)15;1-6-10(17)16(11(18)15-14-6)5-7-4-8(13)2-3-9(7)12/h4,6-7H,3,5,8H2,1-2H3;2-4H,5H2,1H3,(H,15,18). The average Bonchev–Trinajstić information content (AvgIpc) is 2.89. The van der Waals surface area contributed by atoms with Gasteiger partial charge in [0.1, 0.15) is 23.0 Å². The fraction of sp³-hybridized carbons (Fsp3) is 0.280. The molecule has 3 rings (SSSR count). The summed E-state index contributed by atoms with van der Waals surface area (Å²) in [5.74, 6) is -1.09. The number of aliphatic imine (C=N–C) groups is 1. The van der Waals surface area contributed by atoms with Crippen LogP contribution in [0.15, 0.2) is 55.1 Å². The third-order valence-corrected chi connectivity index (χ3v) is 7.30. The van der Waals surface area contributed by atoms with Crippen LogP contribution in [0.25, 0.3) is 0 Å². The van der Waals surface area contributed by atoms with Gasteiger partial charge in [0.05, 0.1) is 20.2 Å². The number of halogens is 4. The predicted molar refractivity (Wildman–Crippen MR) is 157 cm³/mol. The van der Waals surface area contributed by atoms with E-state index in [4.69, 9.17) is 24.4 Å². The van der Waals surface area contributed by atoms with Crippen molar-refractivity contribution < 1.29 is 18.3 Å². The van der Waals surface area contributed by atoms with Crippen molar-refractivity contribution in [2.24, 2.45) is 4.99 Å². The minimum Gasteiger partial charge on any atom is -0.465 e. The first-order valence-corrected chi connectivity index (χ1v) is 13.5. The summed E-state index contributed by atoms with van der Waals surface area (Å²) in [6.07, 6.45) is 1.24. The molecule has 1 N–H and O–H groups in total. The molecule has 0 fully saturated rings. The molecule has 0 amide bonds. The Morgan fingerprint density at radius 1 is 1.13 bits per heavy atom. The van der Waals surface area contributed by atoms with Crippen molar-refractivity contribution in [2.75, 3.05) is 13.7 Å². The number of hydrogen-bond donors (Lipinski definition) is 1. The molecule has 0 saturated carbocycles. The molecule has 0 atom stereocenters. The third kappa shape index (κ3) is 9.68. The molecule has 0 aliphatic heterocycles. The minimum atomic E-state index is -0.458. The lowest BCUT2D eigenvalue weighted by atomic mass is 10.1. The highest BCUT2D eigenvalue weighted by Crippen LogP contribution is 2.20. The number of aryl methyl sites for hydroxylation is 2. The number of ether oxygens (including phenoxy) is 1. The zero-order valence-electron chi connectivity index (χ0n) is 20.7. The Labute approximate surface area is 245 Å². The van der Waals surface area contributed by atoms with Gasteiger partial charge in [-0.3, -0.25) is 19.5 Å². The summed E-state index contributed by atoms with van der Waals surface area (Å²) in [6.45, 7) is 3.65. The summed E-state index contributed by atoms with van der Waals surface area (Å²) in [4.78, 5) is 27.8. The lowest BCUT2D eigenvalue weighted by Crippen LogP contribution is -2.26. The number of hydrogen-bond acceptors (Lipinski definition) is 7. The number of aromatic nitrogens is 3. The fourth-order valence-electron chi connectivity index (χ4n) is 3.01. The Balaban J connectivity index is 0.000000268. The lowest BCUT2D eigenvalue weighted by molar-refractivity contribution is -0.132. The Morgan fingerprint density at radius 3 is 2.32 bits per heavy atom. The first kappa shape index (κ1) is 31.7. The molecule has 0 spiro atoms. The highest BCUT2D eigenvalue weighted by molar-refractivity contribution is 9.10. The molecular formula is C25H24Br2F2N4O3S2. The van der Waals surface area contributed by atoms with Gasteiger partial charge in [-0.25, -0.2) is 13.6 Å². The van der Waals surface area contributed by atoms with Gasteiger partial charge in [-0.2, -0.15) is 5.10 Å². The lowest BCUT2D eigenvalue weighted by Gasteiger charge is -2.08.